The average Bonchev–Trinajstić information content (AvgIpc) is 2.46. The number of ether oxygens (including phenoxy) is 1. The van der Waals surface area contributed by atoms with E-state index < -0.39 is 6.03 Å². The van der Waals surface area contributed by atoms with Crippen molar-refractivity contribution < 1.29 is 18.7 Å². The fraction of sp³-hybridized carbons (Fsp3) is 0.0667. The molecule has 2 aromatic carbocycles. The van der Waals surface area contributed by atoms with E-state index in [0.717, 1.165) is 0 Å². The van der Waals surface area contributed by atoms with Crippen LogP contribution < -0.4 is 21.1 Å². The van der Waals surface area contributed by atoms with E-state index in [1.165, 1.54) is 24.3 Å². The lowest BCUT2D eigenvalue weighted by atomic mass is 10.2. The van der Waals surface area contributed by atoms with Crippen molar-refractivity contribution in [2.45, 2.75) is 0 Å². The minimum absolute atomic E-state index is 0.223. The van der Waals surface area contributed by atoms with Gasteiger partial charge in [-0.25, -0.2) is 9.18 Å². The van der Waals surface area contributed by atoms with Crippen LogP contribution in [0.4, 0.5) is 20.6 Å². The smallest absolute Gasteiger partial charge is 0.316 e. The highest BCUT2D eigenvalue weighted by atomic mass is 19.1. The Kier molecular flexibility index (Phi) is 4.92. The van der Waals surface area contributed by atoms with Gasteiger partial charge < -0.3 is 21.1 Å². The molecule has 114 valence electrons. The molecule has 0 unspecified atom stereocenters. The maximum Gasteiger partial charge on any atom is 0.316 e. The van der Waals surface area contributed by atoms with E-state index >= 15 is 0 Å². The van der Waals surface area contributed by atoms with Crippen LogP contribution in [0.3, 0.4) is 0 Å². The number of urea groups is 1. The maximum atomic E-state index is 12.7. The molecule has 0 bridgehead atoms. The molecule has 0 radical (unpaired) electrons. The maximum absolute atomic E-state index is 12.7. The van der Waals surface area contributed by atoms with Gasteiger partial charge in [0.2, 0.25) is 0 Å². The standard InChI is InChI=1S/C15H14FN3O3/c16-10-4-6-13(7-5-10)22-9-14(20)18-11-2-1-3-12(8-11)19-15(17)21/h1-8H,9H2,(H,18,20)(H3,17,19,21). The monoisotopic (exact) mass is 303 g/mol. The number of anilines is 2. The van der Waals surface area contributed by atoms with Gasteiger partial charge in [-0.3, -0.25) is 4.79 Å². The van der Waals surface area contributed by atoms with Gasteiger partial charge in [-0.05, 0) is 42.5 Å². The largest absolute Gasteiger partial charge is 0.484 e. The van der Waals surface area contributed by atoms with Crippen LogP contribution in [-0.2, 0) is 4.79 Å². The topological polar surface area (TPSA) is 93.5 Å². The van der Waals surface area contributed by atoms with Crippen LogP contribution in [0.25, 0.3) is 0 Å². The van der Waals surface area contributed by atoms with Crippen molar-refractivity contribution in [3.05, 3.63) is 54.3 Å². The predicted octanol–water partition coefficient (Wildman–Crippen LogP) is 2.33. The number of carbonyl (C=O) groups is 2. The summed E-state index contributed by atoms with van der Waals surface area (Å²) in [5.74, 6) is -0.378. The van der Waals surface area contributed by atoms with Gasteiger partial charge in [0.25, 0.3) is 5.91 Å². The van der Waals surface area contributed by atoms with E-state index in [0.29, 0.717) is 17.1 Å². The number of carbonyl (C=O) groups excluding carboxylic acids is 2. The van der Waals surface area contributed by atoms with Gasteiger partial charge >= 0.3 is 6.03 Å². The average molecular weight is 303 g/mol. The molecule has 0 aliphatic carbocycles. The van der Waals surface area contributed by atoms with Gasteiger partial charge in [0.1, 0.15) is 11.6 Å². The molecule has 2 aromatic rings. The number of hydrogen-bond donors (Lipinski definition) is 3. The molecule has 0 fully saturated rings. The highest BCUT2D eigenvalue weighted by Gasteiger charge is 2.05. The second-order valence-electron chi connectivity index (χ2n) is 4.36. The molecule has 0 aliphatic heterocycles. The molecule has 0 spiro atoms. The number of rotatable bonds is 5. The summed E-state index contributed by atoms with van der Waals surface area (Å²) in [7, 11) is 0. The first kappa shape index (κ1) is 15.3. The summed E-state index contributed by atoms with van der Waals surface area (Å²) < 4.78 is 17.9. The quantitative estimate of drug-likeness (QED) is 0.791. The number of primary amides is 1. The van der Waals surface area contributed by atoms with E-state index in [4.69, 9.17) is 10.5 Å². The Balaban J connectivity index is 1.89. The Hall–Kier alpha value is -3.09. The summed E-state index contributed by atoms with van der Waals surface area (Å²) in [4.78, 5) is 22.5. The van der Waals surface area contributed by atoms with E-state index in [1.807, 2.05) is 0 Å². The predicted molar refractivity (Wildman–Crippen MR) is 80.2 cm³/mol. The van der Waals surface area contributed by atoms with Crippen molar-refractivity contribution in [1.82, 2.24) is 0 Å². The zero-order valence-corrected chi connectivity index (χ0v) is 11.5. The van der Waals surface area contributed by atoms with Crippen LogP contribution in [0.2, 0.25) is 0 Å². The Morgan fingerprint density at radius 2 is 1.68 bits per heavy atom. The number of amides is 3. The third-order valence-electron chi connectivity index (χ3n) is 2.60. The SMILES string of the molecule is NC(=O)Nc1cccc(NC(=O)COc2ccc(F)cc2)c1. The van der Waals surface area contributed by atoms with E-state index in [-0.39, 0.29) is 18.3 Å². The second-order valence-corrected chi connectivity index (χ2v) is 4.36. The zero-order chi connectivity index (χ0) is 15.9. The van der Waals surface area contributed by atoms with E-state index in [9.17, 15) is 14.0 Å². The zero-order valence-electron chi connectivity index (χ0n) is 11.5. The number of benzene rings is 2. The third-order valence-corrected chi connectivity index (χ3v) is 2.60. The Bertz CT molecular complexity index is 674. The molecule has 7 heteroatoms. The lowest BCUT2D eigenvalue weighted by Gasteiger charge is -2.09. The van der Waals surface area contributed by atoms with Gasteiger partial charge in [-0.15, -0.1) is 0 Å². The fourth-order valence-electron chi connectivity index (χ4n) is 1.69. The van der Waals surface area contributed by atoms with Crippen LogP contribution in [-0.4, -0.2) is 18.5 Å². The van der Waals surface area contributed by atoms with Crippen LogP contribution in [0.5, 0.6) is 5.75 Å². The van der Waals surface area contributed by atoms with Gasteiger partial charge in [-0.2, -0.15) is 0 Å². The minimum atomic E-state index is -0.692. The van der Waals surface area contributed by atoms with Crippen LogP contribution in [0, 0.1) is 5.82 Å². The van der Waals surface area contributed by atoms with Gasteiger partial charge in [-0.1, -0.05) is 6.07 Å². The van der Waals surface area contributed by atoms with Crippen molar-refractivity contribution in [2.75, 3.05) is 17.2 Å². The first-order chi connectivity index (χ1) is 10.5. The molecule has 2 rings (SSSR count). The molecule has 3 amide bonds. The summed E-state index contributed by atoms with van der Waals surface area (Å²) in [6.45, 7) is -0.223. The summed E-state index contributed by atoms with van der Waals surface area (Å²) in [6.07, 6.45) is 0. The molecule has 4 N–H and O–H groups in total. The third kappa shape index (κ3) is 4.78. The van der Waals surface area contributed by atoms with Gasteiger partial charge in [0.15, 0.2) is 6.61 Å². The molecule has 0 saturated heterocycles. The second kappa shape index (κ2) is 7.07. The number of nitrogens with two attached hydrogens (primary N) is 1. The fourth-order valence-corrected chi connectivity index (χ4v) is 1.69. The highest BCUT2D eigenvalue weighted by molar-refractivity contribution is 5.93. The lowest BCUT2D eigenvalue weighted by Crippen LogP contribution is -2.21. The molecule has 0 aliphatic rings. The molecule has 0 heterocycles. The molecular formula is C15H14FN3O3. The lowest BCUT2D eigenvalue weighted by molar-refractivity contribution is -0.118. The molecule has 0 saturated carbocycles. The summed E-state index contributed by atoms with van der Waals surface area (Å²) >= 11 is 0. The van der Waals surface area contributed by atoms with Crippen molar-refractivity contribution in [3.63, 3.8) is 0 Å². The molecule has 22 heavy (non-hydrogen) atoms. The van der Waals surface area contributed by atoms with Crippen molar-refractivity contribution in [2.24, 2.45) is 5.73 Å². The van der Waals surface area contributed by atoms with Crippen molar-refractivity contribution in [3.8, 4) is 5.75 Å². The number of halogens is 1. The van der Waals surface area contributed by atoms with Crippen LogP contribution >= 0.6 is 0 Å². The summed E-state index contributed by atoms with van der Waals surface area (Å²) in [5.41, 5.74) is 5.96. The Morgan fingerprint density at radius 3 is 2.32 bits per heavy atom. The normalized spacial score (nSPS) is 9.86. The van der Waals surface area contributed by atoms with E-state index in [2.05, 4.69) is 10.6 Å². The molecule has 0 aromatic heterocycles. The highest BCUT2D eigenvalue weighted by Crippen LogP contribution is 2.15. The van der Waals surface area contributed by atoms with Crippen LogP contribution in [0.1, 0.15) is 0 Å². The van der Waals surface area contributed by atoms with Crippen molar-refractivity contribution in [1.29, 1.82) is 0 Å². The minimum Gasteiger partial charge on any atom is -0.484 e. The van der Waals surface area contributed by atoms with Gasteiger partial charge in [0.05, 0.1) is 0 Å². The first-order valence-corrected chi connectivity index (χ1v) is 6.37. The summed E-state index contributed by atoms with van der Waals surface area (Å²) in [6, 6.07) is 11.2. The Morgan fingerprint density at radius 1 is 1.05 bits per heavy atom. The number of nitrogens with one attached hydrogen (secondary N) is 2. The van der Waals surface area contributed by atoms with Crippen molar-refractivity contribution >= 4 is 23.3 Å². The molecular weight excluding hydrogens is 289 g/mol. The van der Waals surface area contributed by atoms with Gasteiger partial charge in [0, 0.05) is 11.4 Å². The summed E-state index contributed by atoms with van der Waals surface area (Å²) in [5, 5.41) is 5.01. The first-order valence-electron chi connectivity index (χ1n) is 6.37. The van der Waals surface area contributed by atoms with E-state index in [1.54, 1.807) is 24.3 Å². The number of hydrogen-bond acceptors (Lipinski definition) is 3. The van der Waals surface area contributed by atoms with Crippen LogP contribution in [0.15, 0.2) is 48.5 Å². The molecule has 0 atom stereocenters. The Labute approximate surface area is 126 Å². The molecule has 6 nitrogen and oxygen atoms in total.